The van der Waals surface area contributed by atoms with Crippen LogP contribution >= 0.6 is 0 Å². The number of nitriles is 1. The molecule has 0 spiro atoms. The van der Waals surface area contributed by atoms with Gasteiger partial charge in [0.1, 0.15) is 41.8 Å². The number of hydrogen-bond acceptors (Lipinski definition) is 7. The van der Waals surface area contributed by atoms with Gasteiger partial charge in [-0.2, -0.15) is 10.2 Å². The highest BCUT2D eigenvalue weighted by atomic mass is 19.1. The number of ether oxygens (including phenoxy) is 2. The number of fused-ring (bicyclic) bond motifs is 1. The lowest BCUT2D eigenvalue weighted by atomic mass is 10.1. The monoisotopic (exact) mass is 603 g/mol. The van der Waals surface area contributed by atoms with Crippen LogP contribution in [0.1, 0.15) is 39.3 Å². The van der Waals surface area contributed by atoms with Crippen LogP contribution in [-0.2, 0) is 24.3 Å². The summed E-state index contributed by atoms with van der Waals surface area (Å²) in [5, 5.41) is 18.3. The van der Waals surface area contributed by atoms with Gasteiger partial charge in [0.15, 0.2) is 5.82 Å². The number of hydrogen-bond donors (Lipinski definition) is 1. The third-order valence-electron chi connectivity index (χ3n) is 7.24. The Morgan fingerprint density at radius 3 is 2.52 bits per heavy atom. The molecule has 0 bridgehead atoms. The van der Waals surface area contributed by atoms with Crippen molar-refractivity contribution in [2.24, 2.45) is 0 Å². The summed E-state index contributed by atoms with van der Waals surface area (Å²) in [5.74, 6) is -4.34. The van der Waals surface area contributed by atoms with E-state index in [1.165, 1.54) is 24.4 Å². The number of rotatable bonds is 9. The molecule has 1 N–H and O–H groups in total. The summed E-state index contributed by atoms with van der Waals surface area (Å²) in [5.41, 5.74) is 0.251. The van der Waals surface area contributed by atoms with E-state index in [1.54, 1.807) is 16.7 Å². The zero-order valence-corrected chi connectivity index (χ0v) is 22.7. The van der Waals surface area contributed by atoms with E-state index < -0.39 is 41.4 Å². The molecule has 5 aromatic rings. The van der Waals surface area contributed by atoms with Crippen LogP contribution in [-0.4, -0.2) is 43.3 Å². The second kappa shape index (κ2) is 11.7. The summed E-state index contributed by atoms with van der Waals surface area (Å²) in [6.45, 7) is 0.534. The lowest BCUT2D eigenvalue weighted by molar-refractivity contribution is -0.0589. The maximum absolute atomic E-state index is 15.4. The molecule has 0 amide bonds. The Morgan fingerprint density at radius 1 is 1.02 bits per heavy atom. The molecule has 2 aromatic heterocycles. The van der Waals surface area contributed by atoms with Crippen LogP contribution in [0.3, 0.4) is 0 Å². The van der Waals surface area contributed by atoms with Crippen LogP contribution in [0.5, 0.6) is 5.88 Å². The Kier molecular flexibility index (Phi) is 7.67. The van der Waals surface area contributed by atoms with Crippen molar-refractivity contribution in [3.63, 3.8) is 0 Å². The second-order valence-corrected chi connectivity index (χ2v) is 10.1. The third kappa shape index (κ3) is 5.67. The number of halogens is 4. The van der Waals surface area contributed by atoms with Gasteiger partial charge in [-0.3, -0.25) is 0 Å². The molecule has 3 heterocycles. The van der Waals surface area contributed by atoms with Gasteiger partial charge in [0.05, 0.1) is 40.4 Å². The van der Waals surface area contributed by atoms with E-state index in [2.05, 4.69) is 15.0 Å². The molecule has 6 rings (SSSR count). The maximum atomic E-state index is 15.4. The number of aromatic carboxylic acids is 1. The minimum absolute atomic E-state index is 0.00140. The molecular weight excluding hydrogens is 582 g/mol. The van der Waals surface area contributed by atoms with Crippen LogP contribution < -0.4 is 4.74 Å². The maximum Gasteiger partial charge on any atom is 0.335 e. The Hall–Kier alpha value is -5.35. The van der Waals surface area contributed by atoms with Gasteiger partial charge in [-0.1, -0.05) is 0 Å². The SMILES string of the molecule is N#Cc1cc(F)c(COc2ccnc(-c3cc(F)c(Cc4nc5ccc(C(=O)O)cc5n4C[C@@H]4CCO4)cc3F)n2)cc1F. The summed E-state index contributed by atoms with van der Waals surface area (Å²) in [6.07, 6.45) is 1.85. The second-order valence-electron chi connectivity index (χ2n) is 10.1. The first-order valence-corrected chi connectivity index (χ1v) is 13.4. The van der Waals surface area contributed by atoms with Crippen LogP contribution in [0, 0.1) is 34.6 Å². The molecule has 1 saturated heterocycles. The van der Waals surface area contributed by atoms with Crippen molar-refractivity contribution in [1.29, 1.82) is 5.26 Å². The normalized spacial score (nSPS) is 14.3. The van der Waals surface area contributed by atoms with Gasteiger partial charge in [-0.15, -0.1) is 0 Å². The lowest BCUT2D eigenvalue weighted by Gasteiger charge is -2.27. The minimum Gasteiger partial charge on any atom is -0.478 e. The molecule has 0 radical (unpaired) electrons. The molecule has 3 aromatic carbocycles. The number of imidazole rings is 1. The fraction of sp³-hybridized carbons (Fsp3) is 0.194. The topological polar surface area (TPSA) is 123 Å². The number of carboxylic acid groups (broad SMARTS) is 1. The molecule has 0 saturated carbocycles. The fourth-order valence-electron chi connectivity index (χ4n) is 4.83. The van der Waals surface area contributed by atoms with Crippen molar-refractivity contribution in [3.8, 4) is 23.3 Å². The first-order valence-electron chi connectivity index (χ1n) is 13.4. The molecule has 0 unspecified atom stereocenters. The average Bonchev–Trinajstić information content (AvgIpc) is 3.32. The van der Waals surface area contributed by atoms with Crippen molar-refractivity contribution < 1.29 is 36.9 Å². The van der Waals surface area contributed by atoms with Crippen molar-refractivity contribution in [1.82, 2.24) is 19.5 Å². The van der Waals surface area contributed by atoms with Crippen LogP contribution in [0.2, 0.25) is 0 Å². The van der Waals surface area contributed by atoms with Gasteiger partial charge in [-0.25, -0.2) is 32.3 Å². The van der Waals surface area contributed by atoms with Crippen molar-refractivity contribution in [2.75, 3.05) is 6.61 Å². The molecule has 0 aliphatic carbocycles. The molecule has 222 valence electrons. The van der Waals surface area contributed by atoms with Crippen molar-refractivity contribution in [2.45, 2.75) is 32.1 Å². The van der Waals surface area contributed by atoms with E-state index in [0.717, 1.165) is 30.7 Å². The first kappa shape index (κ1) is 28.8. The van der Waals surface area contributed by atoms with Gasteiger partial charge >= 0.3 is 5.97 Å². The van der Waals surface area contributed by atoms with Crippen LogP contribution in [0.4, 0.5) is 17.6 Å². The lowest BCUT2D eigenvalue weighted by Crippen LogP contribution is -2.31. The van der Waals surface area contributed by atoms with E-state index in [9.17, 15) is 18.7 Å². The van der Waals surface area contributed by atoms with Gasteiger partial charge in [0, 0.05) is 30.9 Å². The van der Waals surface area contributed by atoms with Crippen LogP contribution in [0.25, 0.3) is 22.4 Å². The Bertz CT molecular complexity index is 1970. The molecular formula is C31H21F4N5O4. The standard InChI is InChI=1S/C31H21F4N5O4/c32-22-9-19(23(33)8-18(22)13-36)15-44-29-3-5-37-30(39-29)21-12-24(34)17(7-25(21)35)11-28-38-26-2-1-16(31(41)42)10-27(26)40(28)14-20-4-6-43-20/h1-3,5,7-10,12,20H,4,6,11,14-15H2,(H,41,42)/t20-/m0/s1. The van der Waals surface area contributed by atoms with E-state index >= 15 is 8.78 Å². The quantitative estimate of drug-likeness (QED) is 0.217. The molecule has 44 heavy (non-hydrogen) atoms. The number of aromatic nitrogens is 4. The largest absolute Gasteiger partial charge is 0.478 e. The van der Waals surface area contributed by atoms with Gasteiger partial charge in [0.2, 0.25) is 5.88 Å². The zero-order chi connectivity index (χ0) is 31.0. The molecule has 1 aliphatic heterocycles. The highest BCUT2D eigenvalue weighted by molar-refractivity contribution is 5.92. The molecule has 1 atom stereocenters. The molecule has 1 aliphatic rings. The number of carboxylic acids is 1. The average molecular weight is 604 g/mol. The van der Waals surface area contributed by atoms with Gasteiger partial charge < -0.3 is 19.1 Å². The summed E-state index contributed by atoms with van der Waals surface area (Å²) in [7, 11) is 0. The zero-order valence-electron chi connectivity index (χ0n) is 22.7. The minimum atomic E-state index is -1.10. The number of nitrogens with zero attached hydrogens (tertiary/aromatic N) is 5. The summed E-state index contributed by atoms with van der Waals surface area (Å²) >= 11 is 0. The van der Waals surface area contributed by atoms with E-state index in [4.69, 9.17) is 14.7 Å². The molecule has 9 nitrogen and oxygen atoms in total. The number of carbonyl (C=O) groups is 1. The predicted octanol–water partition coefficient (Wildman–Crippen LogP) is 5.58. The first-order chi connectivity index (χ1) is 21.2. The van der Waals surface area contributed by atoms with E-state index in [0.29, 0.717) is 30.0 Å². The van der Waals surface area contributed by atoms with Crippen LogP contribution in [0.15, 0.2) is 54.7 Å². The smallest absolute Gasteiger partial charge is 0.335 e. The summed E-state index contributed by atoms with van der Waals surface area (Å²) < 4.78 is 71.7. The summed E-state index contributed by atoms with van der Waals surface area (Å²) in [4.78, 5) is 24.2. The summed E-state index contributed by atoms with van der Waals surface area (Å²) in [6, 6.07) is 10.9. The fourth-order valence-corrected chi connectivity index (χ4v) is 4.83. The Labute approximate surface area is 247 Å². The number of benzene rings is 3. The van der Waals surface area contributed by atoms with E-state index in [1.807, 2.05) is 0 Å². The third-order valence-corrected chi connectivity index (χ3v) is 7.24. The van der Waals surface area contributed by atoms with Crippen molar-refractivity contribution >= 4 is 17.0 Å². The predicted molar refractivity (Wildman–Crippen MR) is 147 cm³/mol. The van der Waals surface area contributed by atoms with E-state index in [-0.39, 0.29) is 46.5 Å². The Morgan fingerprint density at radius 2 is 1.80 bits per heavy atom. The molecule has 1 fully saturated rings. The molecule has 13 heteroatoms. The Balaban J connectivity index is 1.26. The van der Waals surface area contributed by atoms with Gasteiger partial charge in [-0.05, 0) is 54.4 Å². The van der Waals surface area contributed by atoms with Crippen molar-refractivity contribution in [3.05, 3.63) is 106 Å². The highest BCUT2D eigenvalue weighted by Crippen LogP contribution is 2.28. The van der Waals surface area contributed by atoms with Gasteiger partial charge in [0.25, 0.3) is 0 Å². The highest BCUT2D eigenvalue weighted by Gasteiger charge is 2.24.